The molecule has 0 aliphatic rings. The Kier molecular flexibility index (Phi) is 7.53. The molecule has 30 heavy (non-hydrogen) atoms. The first-order chi connectivity index (χ1) is 14.5. The second kappa shape index (κ2) is 10.3. The lowest BCUT2D eigenvalue weighted by molar-refractivity contribution is -0.113. The van der Waals surface area contributed by atoms with Gasteiger partial charge in [-0.05, 0) is 31.2 Å². The third kappa shape index (κ3) is 5.64. The van der Waals surface area contributed by atoms with Crippen molar-refractivity contribution in [1.29, 1.82) is 0 Å². The fourth-order valence-electron chi connectivity index (χ4n) is 2.58. The Labute approximate surface area is 183 Å². The topological polar surface area (TPSA) is 86.1 Å². The molecule has 1 aromatic heterocycles. The van der Waals surface area contributed by atoms with Crippen molar-refractivity contribution in [2.24, 2.45) is 7.05 Å². The first kappa shape index (κ1) is 21.9. The molecule has 156 valence electrons. The van der Waals surface area contributed by atoms with Crippen molar-refractivity contribution in [3.05, 3.63) is 65.5 Å². The minimum absolute atomic E-state index is 0.145. The molecular weight excluding hydrogens is 420 g/mol. The Balaban J connectivity index is 1.56. The van der Waals surface area contributed by atoms with Crippen LogP contribution in [0.15, 0.2) is 58.6 Å². The van der Waals surface area contributed by atoms with Gasteiger partial charge in [0.15, 0.2) is 5.16 Å². The number of anilines is 1. The highest BCUT2D eigenvalue weighted by Crippen LogP contribution is 2.24. The van der Waals surface area contributed by atoms with Crippen molar-refractivity contribution in [3.63, 3.8) is 0 Å². The van der Waals surface area contributed by atoms with Gasteiger partial charge >= 0.3 is 5.97 Å². The van der Waals surface area contributed by atoms with Gasteiger partial charge in [-0.2, -0.15) is 0 Å². The average molecular weight is 443 g/mol. The zero-order valence-corrected chi connectivity index (χ0v) is 18.5. The highest BCUT2D eigenvalue weighted by molar-refractivity contribution is 7.99. The number of para-hydroxylation sites is 1. The molecule has 3 aromatic rings. The smallest absolute Gasteiger partial charge is 0.339 e. The summed E-state index contributed by atoms with van der Waals surface area (Å²) in [6.45, 7) is 2.06. The van der Waals surface area contributed by atoms with Crippen LogP contribution in [0.25, 0.3) is 0 Å². The van der Waals surface area contributed by atoms with Gasteiger partial charge in [-0.25, -0.2) is 4.79 Å². The Hall–Kier alpha value is -2.78. The Morgan fingerprint density at radius 2 is 1.80 bits per heavy atom. The van der Waals surface area contributed by atoms with Gasteiger partial charge in [-0.15, -0.1) is 22.0 Å². The van der Waals surface area contributed by atoms with E-state index in [1.54, 1.807) is 36.0 Å². The van der Waals surface area contributed by atoms with Crippen LogP contribution in [0.3, 0.4) is 0 Å². The number of amides is 1. The SMILES string of the molecule is COC(=O)c1ccccc1NC(=O)CSc1nnc(CSc2ccc(C)cc2)n1C. The van der Waals surface area contributed by atoms with Gasteiger partial charge in [0, 0.05) is 11.9 Å². The van der Waals surface area contributed by atoms with E-state index in [2.05, 4.69) is 46.7 Å². The quantitative estimate of drug-likeness (QED) is 0.418. The number of benzene rings is 2. The van der Waals surface area contributed by atoms with Crippen molar-refractivity contribution < 1.29 is 14.3 Å². The number of rotatable bonds is 8. The maximum Gasteiger partial charge on any atom is 0.339 e. The van der Waals surface area contributed by atoms with Crippen molar-refractivity contribution in [2.45, 2.75) is 22.7 Å². The molecule has 0 saturated carbocycles. The molecule has 0 aliphatic carbocycles. The zero-order valence-electron chi connectivity index (χ0n) is 16.9. The van der Waals surface area contributed by atoms with E-state index < -0.39 is 5.97 Å². The summed E-state index contributed by atoms with van der Waals surface area (Å²) in [6.07, 6.45) is 0. The van der Waals surface area contributed by atoms with E-state index in [-0.39, 0.29) is 11.7 Å². The normalized spacial score (nSPS) is 10.6. The number of esters is 1. The first-order valence-electron chi connectivity index (χ1n) is 9.15. The van der Waals surface area contributed by atoms with Gasteiger partial charge in [0.05, 0.1) is 29.9 Å². The molecule has 0 unspecified atom stereocenters. The molecule has 0 fully saturated rings. The van der Waals surface area contributed by atoms with Crippen LogP contribution < -0.4 is 5.32 Å². The van der Waals surface area contributed by atoms with E-state index in [9.17, 15) is 9.59 Å². The summed E-state index contributed by atoms with van der Waals surface area (Å²) >= 11 is 2.98. The lowest BCUT2D eigenvalue weighted by Crippen LogP contribution is -2.17. The largest absolute Gasteiger partial charge is 0.465 e. The maximum atomic E-state index is 12.4. The summed E-state index contributed by atoms with van der Waals surface area (Å²) in [6, 6.07) is 15.1. The molecule has 0 aliphatic heterocycles. The molecule has 0 atom stereocenters. The molecule has 1 amide bonds. The molecule has 3 rings (SSSR count). The van der Waals surface area contributed by atoms with Gasteiger partial charge in [-0.1, -0.05) is 41.6 Å². The number of methoxy groups -OCH3 is 1. The van der Waals surface area contributed by atoms with E-state index in [0.29, 0.717) is 22.2 Å². The average Bonchev–Trinajstić information content (AvgIpc) is 3.11. The van der Waals surface area contributed by atoms with E-state index in [4.69, 9.17) is 4.74 Å². The Morgan fingerprint density at radius 3 is 2.53 bits per heavy atom. The summed E-state index contributed by atoms with van der Waals surface area (Å²) in [4.78, 5) is 25.3. The number of hydrogen-bond acceptors (Lipinski definition) is 7. The molecule has 9 heteroatoms. The summed E-state index contributed by atoms with van der Waals surface area (Å²) in [7, 11) is 3.19. The zero-order chi connectivity index (χ0) is 21.5. The summed E-state index contributed by atoms with van der Waals surface area (Å²) in [5.41, 5.74) is 1.96. The Morgan fingerprint density at radius 1 is 1.07 bits per heavy atom. The lowest BCUT2D eigenvalue weighted by Gasteiger charge is -2.09. The van der Waals surface area contributed by atoms with Crippen molar-refractivity contribution in [3.8, 4) is 0 Å². The minimum Gasteiger partial charge on any atom is -0.465 e. The van der Waals surface area contributed by atoms with E-state index in [1.165, 1.54) is 29.3 Å². The highest BCUT2D eigenvalue weighted by atomic mass is 32.2. The van der Waals surface area contributed by atoms with Crippen LogP contribution >= 0.6 is 23.5 Å². The third-order valence-corrected chi connectivity index (χ3v) is 6.28. The molecule has 1 heterocycles. The first-order valence-corrected chi connectivity index (χ1v) is 11.1. The van der Waals surface area contributed by atoms with Crippen LogP contribution in [0.1, 0.15) is 21.7 Å². The van der Waals surface area contributed by atoms with Crippen LogP contribution in [-0.4, -0.2) is 39.5 Å². The fraction of sp³-hybridized carbons (Fsp3) is 0.238. The van der Waals surface area contributed by atoms with Crippen LogP contribution in [0.2, 0.25) is 0 Å². The van der Waals surface area contributed by atoms with Gasteiger partial charge in [0.2, 0.25) is 5.91 Å². The maximum absolute atomic E-state index is 12.4. The number of ether oxygens (including phenoxy) is 1. The van der Waals surface area contributed by atoms with E-state index in [0.717, 1.165) is 5.82 Å². The van der Waals surface area contributed by atoms with Gasteiger partial charge in [0.1, 0.15) is 5.82 Å². The van der Waals surface area contributed by atoms with Crippen LogP contribution in [0.4, 0.5) is 5.69 Å². The number of nitrogens with zero attached hydrogens (tertiary/aromatic N) is 3. The Bertz CT molecular complexity index is 1030. The second-order valence-electron chi connectivity index (χ2n) is 6.43. The summed E-state index contributed by atoms with van der Waals surface area (Å²) in [5, 5.41) is 11.8. The second-order valence-corrected chi connectivity index (χ2v) is 8.42. The van der Waals surface area contributed by atoms with Crippen molar-refractivity contribution in [1.82, 2.24) is 14.8 Å². The summed E-state index contributed by atoms with van der Waals surface area (Å²) in [5.74, 6) is 0.926. The van der Waals surface area contributed by atoms with Gasteiger partial charge < -0.3 is 14.6 Å². The molecule has 0 radical (unpaired) electrons. The number of aryl methyl sites for hydroxylation is 1. The van der Waals surface area contributed by atoms with Crippen molar-refractivity contribution in [2.75, 3.05) is 18.2 Å². The van der Waals surface area contributed by atoms with Crippen LogP contribution in [0, 0.1) is 6.92 Å². The van der Waals surface area contributed by atoms with Crippen LogP contribution in [0.5, 0.6) is 0 Å². The number of carbonyl (C=O) groups is 2. The van der Waals surface area contributed by atoms with Gasteiger partial charge in [-0.3, -0.25) is 4.79 Å². The van der Waals surface area contributed by atoms with E-state index in [1.807, 2.05) is 11.6 Å². The number of carbonyl (C=O) groups excluding carboxylic acids is 2. The highest BCUT2D eigenvalue weighted by Gasteiger charge is 2.15. The summed E-state index contributed by atoms with van der Waals surface area (Å²) < 4.78 is 6.64. The fourth-order valence-corrected chi connectivity index (χ4v) is 4.18. The molecule has 2 aromatic carbocycles. The van der Waals surface area contributed by atoms with Crippen molar-refractivity contribution >= 4 is 41.1 Å². The standard InChI is InChI=1S/C21H22N4O3S2/c1-14-8-10-15(11-9-14)29-12-18-23-24-21(25(18)2)30-13-19(26)22-17-7-5-4-6-16(17)20(27)28-3/h4-11H,12-13H2,1-3H3,(H,22,26). The number of aromatic nitrogens is 3. The number of hydrogen-bond donors (Lipinski definition) is 1. The third-order valence-electron chi connectivity index (χ3n) is 4.25. The molecule has 1 N–H and O–H groups in total. The minimum atomic E-state index is -0.498. The number of nitrogens with one attached hydrogen (secondary N) is 1. The molecule has 7 nitrogen and oxygen atoms in total. The monoisotopic (exact) mass is 442 g/mol. The molecular formula is C21H22N4O3S2. The number of thioether (sulfide) groups is 2. The lowest BCUT2D eigenvalue weighted by atomic mass is 10.2. The van der Waals surface area contributed by atoms with Crippen LogP contribution in [-0.2, 0) is 22.3 Å². The molecule has 0 spiro atoms. The molecule has 0 bridgehead atoms. The molecule has 0 saturated heterocycles. The van der Waals surface area contributed by atoms with Gasteiger partial charge in [0.25, 0.3) is 0 Å². The predicted molar refractivity (Wildman–Crippen MR) is 119 cm³/mol. The predicted octanol–water partition coefficient (Wildman–Crippen LogP) is 3.93. The van der Waals surface area contributed by atoms with E-state index >= 15 is 0 Å².